The number of amides is 3. The van der Waals surface area contributed by atoms with Gasteiger partial charge in [-0.3, -0.25) is 10.1 Å². The van der Waals surface area contributed by atoms with Gasteiger partial charge < -0.3 is 19.5 Å². The number of urea groups is 1. The highest BCUT2D eigenvalue weighted by Crippen LogP contribution is 2.28. The van der Waals surface area contributed by atoms with Crippen LogP contribution < -0.4 is 20.1 Å². The second-order valence-corrected chi connectivity index (χ2v) is 5.71. The van der Waals surface area contributed by atoms with Gasteiger partial charge in [0, 0.05) is 12.6 Å². The van der Waals surface area contributed by atoms with Gasteiger partial charge >= 0.3 is 12.0 Å². The lowest BCUT2D eigenvalue weighted by Crippen LogP contribution is -2.42. The minimum atomic E-state index is -0.581. The van der Waals surface area contributed by atoms with Gasteiger partial charge in [-0.2, -0.15) is 0 Å². The number of imide groups is 1. The summed E-state index contributed by atoms with van der Waals surface area (Å²) in [6.07, 6.45) is 2.84. The first-order chi connectivity index (χ1) is 12.3. The highest BCUT2D eigenvalue weighted by molar-refractivity contribution is 5.95. The Balaban J connectivity index is 2.61. The topological polar surface area (TPSA) is 103 Å². The number of ether oxygens (including phenoxy) is 3. The summed E-state index contributed by atoms with van der Waals surface area (Å²) in [4.78, 5) is 34.4. The SMILES string of the molecule is COC(=O)/C=C/c1ccc(OCC(=O)NC(=O)NCC(C)C)c(OC)c1. The van der Waals surface area contributed by atoms with Gasteiger partial charge in [0.15, 0.2) is 18.1 Å². The number of hydrogen-bond acceptors (Lipinski definition) is 6. The molecule has 0 aliphatic rings. The molecule has 0 radical (unpaired) electrons. The third-order valence-electron chi connectivity index (χ3n) is 3.08. The molecule has 1 aromatic rings. The Labute approximate surface area is 152 Å². The van der Waals surface area contributed by atoms with Crippen molar-refractivity contribution < 1.29 is 28.6 Å². The van der Waals surface area contributed by atoms with Gasteiger partial charge in [0.05, 0.1) is 14.2 Å². The summed E-state index contributed by atoms with van der Waals surface area (Å²) in [5, 5.41) is 4.75. The molecule has 0 aliphatic carbocycles. The van der Waals surface area contributed by atoms with E-state index in [0.717, 1.165) is 0 Å². The molecule has 1 aromatic carbocycles. The van der Waals surface area contributed by atoms with Crippen molar-refractivity contribution in [3.8, 4) is 11.5 Å². The smallest absolute Gasteiger partial charge is 0.330 e. The molecule has 0 fully saturated rings. The molecule has 0 bridgehead atoms. The molecule has 0 aliphatic heterocycles. The van der Waals surface area contributed by atoms with Crippen molar-refractivity contribution in [1.29, 1.82) is 0 Å². The number of hydrogen-bond donors (Lipinski definition) is 2. The van der Waals surface area contributed by atoms with E-state index in [1.807, 2.05) is 13.8 Å². The minimum absolute atomic E-state index is 0.281. The fourth-order valence-corrected chi connectivity index (χ4v) is 1.79. The molecule has 0 spiro atoms. The molecule has 3 amide bonds. The van der Waals surface area contributed by atoms with Crippen LogP contribution >= 0.6 is 0 Å². The Morgan fingerprint density at radius 1 is 1.15 bits per heavy atom. The van der Waals surface area contributed by atoms with E-state index in [2.05, 4.69) is 15.4 Å². The van der Waals surface area contributed by atoms with Crippen molar-refractivity contribution in [2.45, 2.75) is 13.8 Å². The third kappa shape index (κ3) is 7.69. The summed E-state index contributed by atoms with van der Waals surface area (Å²) in [6.45, 7) is 4.01. The number of carbonyl (C=O) groups is 3. The van der Waals surface area contributed by atoms with Crippen LogP contribution in [0.4, 0.5) is 4.79 Å². The fourth-order valence-electron chi connectivity index (χ4n) is 1.79. The van der Waals surface area contributed by atoms with E-state index in [0.29, 0.717) is 23.6 Å². The summed E-state index contributed by atoms with van der Waals surface area (Å²) >= 11 is 0. The van der Waals surface area contributed by atoms with Crippen LogP contribution in [0.15, 0.2) is 24.3 Å². The lowest BCUT2D eigenvalue weighted by molar-refractivity contribution is -0.134. The molecule has 1 rings (SSSR count). The Bertz CT molecular complexity index is 670. The Morgan fingerprint density at radius 3 is 2.50 bits per heavy atom. The van der Waals surface area contributed by atoms with Crippen LogP contribution in [0.2, 0.25) is 0 Å². The van der Waals surface area contributed by atoms with Gasteiger partial charge in [0.25, 0.3) is 5.91 Å². The Kier molecular flexibility index (Phi) is 8.69. The molecule has 0 unspecified atom stereocenters. The van der Waals surface area contributed by atoms with Gasteiger partial charge in [-0.05, 0) is 29.7 Å². The van der Waals surface area contributed by atoms with E-state index in [9.17, 15) is 14.4 Å². The highest BCUT2D eigenvalue weighted by Gasteiger charge is 2.11. The molecule has 8 nitrogen and oxygen atoms in total. The van der Waals surface area contributed by atoms with Gasteiger partial charge in [0.2, 0.25) is 0 Å². The molecule has 0 heterocycles. The van der Waals surface area contributed by atoms with Crippen molar-refractivity contribution in [2.24, 2.45) is 5.92 Å². The van der Waals surface area contributed by atoms with Crippen molar-refractivity contribution in [3.63, 3.8) is 0 Å². The number of carbonyl (C=O) groups excluding carboxylic acids is 3. The summed E-state index contributed by atoms with van der Waals surface area (Å²) < 4.78 is 15.1. The first-order valence-electron chi connectivity index (χ1n) is 8.00. The van der Waals surface area contributed by atoms with Crippen molar-refractivity contribution in [1.82, 2.24) is 10.6 Å². The molecule has 142 valence electrons. The largest absolute Gasteiger partial charge is 0.493 e. The molecule has 0 atom stereocenters. The predicted molar refractivity (Wildman–Crippen MR) is 95.9 cm³/mol. The average Bonchev–Trinajstić information content (AvgIpc) is 2.62. The monoisotopic (exact) mass is 364 g/mol. The molecule has 0 saturated carbocycles. The number of esters is 1. The van der Waals surface area contributed by atoms with E-state index < -0.39 is 17.9 Å². The lowest BCUT2D eigenvalue weighted by atomic mass is 10.2. The zero-order chi connectivity index (χ0) is 19.5. The zero-order valence-electron chi connectivity index (χ0n) is 15.3. The third-order valence-corrected chi connectivity index (χ3v) is 3.08. The van der Waals surface area contributed by atoms with E-state index in [-0.39, 0.29) is 12.5 Å². The minimum Gasteiger partial charge on any atom is -0.493 e. The summed E-state index contributed by atoms with van der Waals surface area (Å²) in [6, 6.07) is 4.36. The van der Waals surface area contributed by atoms with Gasteiger partial charge in [-0.15, -0.1) is 0 Å². The van der Waals surface area contributed by atoms with E-state index in [1.54, 1.807) is 24.3 Å². The van der Waals surface area contributed by atoms with Crippen LogP contribution in [0, 0.1) is 5.92 Å². The maximum Gasteiger partial charge on any atom is 0.330 e. The van der Waals surface area contributed by atoms with Crippen LogP contribution in [0.25, 0.3) is 6.08 Å². The van der Waals surface area contributed by atoms with Crippen molar-refractivity contribution in [2.75, 3.05) is 27.4 Å². The van der Waals surface area contributed by atoms with Crippen LogP contribution in [0.3, 0.4) is 0 Å². The molecular formula is C18H24N2O6. The fraction of sp³-hybridized carbons (Fsp3) is 0.389. The number of rotatable bonds is 8. The number of nitrogens with one attached hydrogen (secondary N) is 2. The lowest BCUT2D eigenvalue weighted by Gasteiger charge is -2.12. The standard InChI is InChI=1S/C18H24N2O6/c1-12(2)10-19-18(23)20-16(21)11-26-14-7-5-13(9-15(14)24-3)6-8-17(22)25-4/h5-9,12H,10-11H2,1-4H3,(H2,19,20,21,23)/b8-6+. The molecule has 0 saturated heterocycles. The van der Waals surface area contributed by atoms with Crippen LogP contribution in [-0.2, 0) is 14.3 Å². The summed E-state index contributed by atoms with van der Waals surface area (Å²) in [5.74, 6) is -0.0580. The first kappa shape index (κ1) is 21.0. The second-order valence-electron chi connectivity index (χ2n) is 5.71. The predicted octanol–water partition coefficient (Wildman–Crippen LogP) is 1.74. The maximum atomic E-state index is 11.7. The molecule has 0 aromatic heterocycles. The quantitative estimate of drug-likeness (QED) is 0.538. The average molecular weight is 364 g/mol. The Hall–Kier alpha value is -3.03. The highest BCUT2D eigenvalue weighted by atomic mass is 16.5. The zero-order valence-corrected chi connectivity index (χ0v) is 15.3. The molecular weight excluding hydrogens is 340 g/mol. The Morgan fingerprint density at radius 2 is 1.88 bits per heavy atom. The van der Waals surface area contributed by atoms with Gasteiger partial charge in [-0.1, -0.05) is 19.9 Å². The summed E-state index contributed by atoms with van der Waals surface area (Å²) in [7, 11) is 2.74. The van der Waals surface area contributed by atoms with Crippen LogP contribution in [0.1, 0.15) is 19.4 Å². The van der Waals surface area contributed by atoms with Gasteiger partial charge in [-0.25, -0.2) is 9.59 Å². The summed E-state index contributed by atoms with van der Waals surface area (Å²) in [5.41, 5.74) is 0.692. The molecule has 26 heavy (non-hydrogen) atoms. The maximum absolute atomic E-state index is 11.7. The van der Waals surface area contributed by atoms with Crippen LogP contribution in [0.5, 0.6) is 11.5 Å². The van der Waals surface area contributed by atoms with Crippen molar-refractivity contribution in [3.05, 3.63) is 29.8 Å². The first-order valence-corrected chi connectivity index (χ1v) is 8.00. The van der Waals surface area contributed by atoms with Gasteiger partial charge in [0.1, 0.15) is 0 Å². The normalized spacial score (nSPS) is 10.5. The number of benzene rings is 1. The number of methoxy groups -OCH3 is 2. The van der Waals surface area contributed by atoms with Crippen molar-refractivity contribution >= 4 is 24.0 Å². The van der Waals surface area contributed by atoms with E-state index in [4.69, 9.17) is 9.47 Å². The van der Waals surface area contributed by atoms with E-state index in [1.165, 1.54) is 20.3 Å². The second kappa shape index (κ2) is 10.8. The molecule has 2 N–H and O–H groups in total. The molecule has 8 heteroatoms. The van der Waals surface area contributed by atoms with Crippen LogP contribution in [-0.4, -0.2) is 45.3 Å². The van der Waals surface area contributed by atoms with E-state index >= 15 is 0 Å².